The number of fused-ring (bicyclic) bond motifs is 3. The second-order valence-corrected chi connectivity index (χ2v) is 14.7. The van der Waals surface area contributed by atoms with Crippen LogP contribution in [0.25, 0.3) is 10.9 Å². The predicted molar refractivity (Wildman–Crippen MR) is 91.7 cm³/mol. The first-order valence-electron chi connectivity index (χ1n) is 7.76. The quantitative estimate of drug-likeness (QED) is 0.578. The molecule has 1 aromatic carbocycles. The maximum Gasteiger partial charge on any atom is 0.286 e. The van der Waals surface area contributed by atoms with E-state index in [1.54, 1.807) is 10.4 Å². The third-order valence-electron chi connectivity index (χ3n) is 5.05. The topological polar surface area (TPSA) is 16.8 Å². The zero-order valence-corrected chi connectivity index (χ0v) is 15.5. The maximum absolute atomic E-state index is 4.85. The van der Waals surface area contributed by atoms with Crippen molar-refractivity contribution >= 4 is 38.1 Å². The molecular weight excluding hydrogens is 276 g/mol. The van der Waals surface area contributed by atoms with E-state index in [2.05, 4.69) is 50.3 Å². The van der Waals surface area contributed by atoms with E-state index in [0.717, 1.165) is 6.42 Å². The summed E-state index contributed by atoms with van der Waals surface area (Å²) in [7, 11) is 0.0774. The molecule has 0 bridgehead atoms. The van der Waals surface area contributed by atoms with Crippen LogP contribution in [-0.2, 0) is 13.5 Å². The molecule has 0 aliphatic carbocycles. The highest BCUT2D eigenvalue weighted by Gasteiger charge is 2.37. The summed E-state index contributed by atoms with van der Waals surface area (Å²) in [5, 5.41) is 4.79. The molecule has 1 aliphatic rings. The van der Waals surface area contributed by atoms with E-state index in [1.807, 2.05) is 6.33 Å². The van der Waals surface area contributed by atoms with Crippen LogP contribution in [0.3, 0.4) is 0 Å². The number of rotatable bonds is 1. The lowest BCUT2D eigenvalue weighted by Gasteiger charge is -2.33. The third kappa shape index (κ3) is 1.97. The highest BCUT2D eigenvalue weighted by atomic mass is 28.3. The minimum Gasteiger partial charge on any atom is -0.236 e. The van der Waals surface area contributed by atoms with Crippen LogP contribution in [0.15, 0.2) is 18.5 Å². The predicted octanol–water partition coefficient (Wildman–Crippen LogP) is 1.61. The molecule has 2 aromatic rings. The number of hydrogen-bond donors (Lipinski definition) is 0. The van der Waals surface area contributed by atoms with Crippen LogP contribution in [0, 0.1) is 0 Å². The third-order valence-corrected chi connectivity index (χ3v) is 12.0. The second-order valence-electron chi connectivity index (χ2n) is 6.91. The van der Waals surface area contributed by atoms with Gasteiger partial charge >= 0.3 is 0 Å². The van der Waals surface area contributed by atoms with Gasteiger partial charge in [-0.05, 0) is 16.2 Å². The van der Waals surface area contributed by atoms with Gasteiger partial charge in [-0.15, -0.1) is 0 Å². The number of nitrogens with zero attached hydrogens (tertiary/aromatic N) is 2. The smallest absolute Gasteiger partial charge is 0.236 e. The van der Waals surface area contributed by atoms with Crippen LogP contribution < -0.4 is 14.9 Å². The molecule has 0 spiro atoms. The zero-order chi connectivity index (χ0) is 14.5. The van der Waals surface area contributed by atoms with Crippen LogP contribution in [0.5, 0.6) is 0 Å². The van der Waals surface area contributed by atoms with Crippen LogP contribution >= 0.6 is 0 Å². The summed E-state index contributed by atoms with van der Waals surface area (Å²) < 4.78 is 2.19. The molecule has 2 nitrogen and oxygen atoms in total. The summed E-state index contributed by atoms with van der Waals surface area (Å²) in [6.07, 6.45) is 3.09. The van der Waals surface area contributed by atoms with E-state index < -0.39 is 16.9 Å². The van der Waals surface area contributed by atoms with Gasteiger partial charge in [-0.2, -0.15) is 0 Å². The van der Waals surface area contributed by atoms with E-state index in [-0.39, 0.29) is 0 Å². The summed E-state index contributed by atoms with van der Waals surface area (Å²) in [6.45, 7) is 9.82. The molecular formula is C16H25N2Si2+. The monoisotopic (exact) mass is 301 g/mol. The van der Waals surface area contributed by atoms with Gasteiger partial charge < -0.3 is 0 Å². The van der Waals surface area contributed by atoms with Crippen molar-refractivity contribution in [1.29, 1.82) is 0 Å². The minimum atomic E-state index is -1.31. The molecule has 20 heavy (non-hydrogen) atoms. The van der Waals surface area contributed by atoms with Crippen LogP contribution in [-0.4, -0.2) is 21.9 Å². The van der Waals surface area contributed by atoms with Crippen molar-refractivity contribution in [2.24, 2.45) is 7.05 Å². The van der Waals surface area contributed by atoms with Gasteiger partial charge in [0.05, 0.1) is 29.3 Å². The fraction of sp³-hybridized carbons (Fsp3) is 0.500. The van der Waals surface area contributed by atoms with Crippen molar-refractivity contribution in [3.63, 3.8) is 0 Å². The molecule has 106 valence electrons. The fourth-order valence-electron chi connectivity index (χ4n) is 3.80. The van der Waals surface area contributed by atoms with E-state index in [4.69, 9.17) is 4.98 Å². The van der Waals surface area contributed by atoms with Gasteiger partial charge in [-0.1, -0.05) is 49.9 Å². The largest absolute Gasteiger partial charge is 0.286 e. The Morgan fingerprint density at radius 3 is 2.80 bits per heavy atom. The Kier molecular flexibility index (Phi) is 3.33. The van der Waals surface area contributed by atoms with Crippen molar-refractivity contribution < 1.29 is 4.57 Å². The van der Waals surface area contributed by atoms with Gasteiger partial charge in [-0.3, -0.25) is 0 Å². The Labute approximate surface area is 124 Å². The lowest BCUT2D eigenvalue weighted by molar-refractivity contribution is -0.680. The average molecular weight is 302 g/mol. The van der Waals surface area contributed by atoms with Crippen LogP contribution in [0.1, 0.15) is 12.6 Å². The first kappa shape index (κ1) is 14.0. The summed E-state index contributed by atoms with van der Waals surface area (Å²) in [4.78, 5) is 4.85. The van der Waals surface area contributed by atoms with Crippen LogP contribution in [0.4, 0.5) is 0 Å². The van der Waals surface area contributed by atoms with Crippen LogP contribution in [0.2, 0.25) is 31.7 Å². The standard InChI is InChI=1S/C16H25N2Si2/c1-6-13-12-7-8-14-16(15(12)17-11-18(13)2)20(4,5)10-9-19(14)3/h7-8,11,19H,6,9-10H2,1-5H3/q+1. The van der Waals surface area contributed by atoms with Crippen molar-refractivity contribution in [3.05, 3.63) is 24.2 Å². The van der Waals surface area contributed by atoms with E-state index in [0.29, 0.717) is 0 Å². The maximum atomic E-state index is 4.85. The first-order valence-corrected chi connectivity index (χ1v) is 13.5. The molecule has 1 aliphatic heterocycles. The van der Waals surface area contributed by atoms with Crippen molar-refractivity contribution in [3.8, 4) is 0 Å². The number of aromatic nitrogens is 2. The molecule has 1 unspecified atom stereocenters. The molecule has 1 atom stereocenters. The summed E-state index contributed by atoms with van der Waals surface area (Å²) in [5.41, 5.74) is 2.75. The van der Waals surface area contributed by atoms with E-state index >= 15 is 0 Å². The Balaban J connectivity index is 2.41. The molecule has 1 aromatic heterocycles. The van der Waals surface area contributed by atoms with E-state index in [1.165, 1.54) is 28.7 Å². The number of hydrogen-bond acceptors (Lipinski definition) is 1. The summed E-state index contributed by atoms with van der Waals surface area (Å²) in [6, 6.07) is 7.73. The van der Waals surface area contributed by atoms with Crippen molar-refractivity contribution in [2.45, 2.75) is 45.1 Å². The fourth-order valence-corrected chi connectivity index (χ4v) is 13.6. The molecule has 4 heteroatoms. The Hall–Kier alpha value is -1.01. The molecule has 0 saturated heterocycles. The summed E-state index contributed by atoms with van der Waals surface area (Å²) in [5.74, 6) is 0. The highest BCUT2D eigenvalue weighted by Crippen LogP contribution is 2.23. The lowest BCUT2D eigenvalue weighted by Crippen LogP contribution is -2.58. The lowest BCUT2D eigenvalue weighted by atomic mass is 10.1. The molecule has 0 amide bonds. The Morgan fingerprint density at radius 1 is 1.35 bits per heavy atom. The molecule has 2 heterocycles. The van der Waals surface area contributed by atoms with Gasteiger partial charge in [-0.25, -0.2) is 4.57 Å². The molecule has 0 fully saturated rings. The van der Waals surface area contributed by atoms with Gasteiger partial charge in [0, 0.05) is 6.42 Å². The average Bonchev–Trinajstić information content (AvgIpc) is 2.42. The van der Waals surface area contributed by atoms with Gasteiger partial charge in [0.2, 0.25) is 0 Å². The Bertz CT molecular complexity index is 680. The SMILES string of the molecule is CCc1c2ccc3c(c2nc[n+]1C)[Si](C)(C)CC[SiH]3C. The number of benzene rings is 1. The molecule has 0 N–H and O–H groups in total. The zero-order valence-electron chi connectivity index (χ0n) is 13.3. The number of aryl methyl sites for hydroxylation is 2. The summed E-state index contributed by atoms with van der Waals surface area (Å²) >= 11 is 0. The normalized spacial score (nSPS) is 20.9. The molecule has 0 saturated carbocycles. The van der Waals surface area contributed by atoms with Gasteiger partial charge in [0.15, 0.2) is 5.52 Å². The van der Waals surface area contributed by atoms with Crippen molar-refractivity contribution in [2.75, 3.05) is 0 Å². The molecule has 3 rings (SSSR count). The highest BCUT2D eigenvalue weighted by molar-refractivity contribution is 6.99. The molecule has 0 radical (unpaired) electrons. The first-order chi connectivity index (χ1) is 9.45. The Morgan fingerprint density at radius 2 is 2.10 bits per heavy atom. The van der Waals surface area contributed by atoms with E-state index in [9.17, 15) is 0 Å². The van der Waals surface area contributed by atoms with Crippen molar-refractivity contribution in [1.82, 2.24) is 4.98 Å². The second kappa shape index (κ2) is 4.77. The van der Waals surface area contributed by atoms with Gasteiger partial charge in [0.1, 0.15) is 5.69 Å². The minimum absolute atomic E-state index is 0.731. The van der Waals surface area contributed by atoms with Gasteiger partial charge in [0.25, 0.3) is 6.33 Å².